The molecule has 2 rings (SSSR count). The van der Waals surface area contributed by atoms with Crippen LogP contribution in [0, 0.1) is 0 Å². The lowest BCUT2D eigenvalue weighted by molar-refractivity contribution is 0.473. The summed E-state index contributed by atoms with van der Waals surface area (Å²) in [5, 5.41) is 9.27. The first-order valence-corrected chi connectivity index (χ1v) is 6.89. The van der Waals surface area contributed by atoms with Crippen molar-refractivity contribution in [2.45, 2.75) is 11.4 Å². The van der Waals surface area contributed by atoms with Gasteiger partial charge in [-0.05, 0) is 23.8 Å². The van der Waals surface area contributed by atoms with Crippen LogP contribution in [0.15, 0.2) is 59.5 Å². The van der Waals surface area contributed by atoms with Crippen LogP contribution in [-0.4, -0.2) is 13.5 Å². The lowest BCUT2D eigenvalue weighted by Crippen LogP contribution is -2.23. The molecule has 0 aliphatic rings. The van der Waals surface area contributed by atoms with Crippen LogP contribution in [-0.2, 0) is 16.6 Å². The first-order valence-electron chi connectivity index (χ1n) is 5.40. The standard InChI is InChI=1S/C13H13NO3S/c15-12-7-4-8-13(9-12)18(16,17)14-10-11-5-2-1-3-6-11/h1-9,14-15H,10H2. The zero-order valence-electron chi connectivity index (χ0n) is 9.58. The molecule has 4 nitrogen and oxygen atoms in total. The lowest BCUT2D eigenvalue weighted by Gasteiger charge is -2.07. The molecule has 0 bridgehead atoms. The predicted molar refractivity (Wildman–Crippen MR) is 68.6 cm³/mol. The topological polar surface area (TPSA) is 66.4 Å². The highest BCUT2D eigenvalue weighted by atomic mass is 32.2. The highest BCUT2D eigenvalue weighted by molar-refractivity contribution is 7.89. The summed E-state index contributed by atoms with van der Waals surface area (Å²) in [7, 11) is -3.59. The molecule has 94 valence electrons. The molecule has 0 saturated carbocycles. The van der Waals surface area contributed by atoms with E-state index in [1.165, 1.54) is 24.3 Å². The Balaban J connectivity index is 2.13. The van der Waals surface area contributed by atoms with Crippen molar-refractivity contribution in [3.63, 3.8) is 0 Å². The average molecular weight is 263 g/mol. The van der Waals surface area contributed by atoms with E-state index in [0.29, 0.717) is 0 Å². The molecule has 0 aliphatic carbocycles. The van der Waals surface area contributed by atoms with Gasteiger partial charge in [0.1, 0.15) is 5.75 Å². The maximum Gasteiger partial charge on any atom is 0.241 e. The summed E-state index contributed by atoms with van der Waals surface area (Å²) < 4.78 is 26.4. The number of rotatable bonds is 4. The molecular weight excluding hydrogens is 250 g/mol. The first-order chi connectivity index (χ1) is 8.58. The van der Waals surface area contributed by atoms with E-state index in [-0.39, 0.29) is 17.2 Å². The molecule has 0 aromatic heterocycles. The zero-order chi connectivity index (χ0) is 13.0. The Morgan fingerprint density at radius 3 is 2.39 bits per heavy atom. The van der Waals surface area contributed by atoms with Crippen LogP contribution in [0.1, 0.15) is 5.56 Å². The number of aromatic hydroxyl groups is 1. The van der Waals surface area contributed by atoms with Gasteiger partial charge in [0.15, 0.2) is 0 Å². The molecule has 0 atom stereocenters. The van der Waals surface area contributed by atoms with E-state index >= 15 is 0 Å². The Morgan fingerprint density at radius 1 is 1.00 bits per heavy atom. The van der Waals surface area contributed by atoms with Gasteiger partial charge in [0.25, 0.3) is 0 Å². The number of hydrogen-bond acceptors (Lipinski definition) is 3. The van der Waals surface area contributed by atoms with E-state index < -0.39 is 10.0 Å². The smallest absolute Gasteiger partial charge is 0.241 e. The molecule has 5 heteroatoms. The van der Waals surface area contributed by atoms with Crippen LogP contribution in [0.3, 0.4) is 0 Å². The molecule has 18 heavy (non-hydrogen) atoms. The van der Waals surface area contributed by atoms with Gasteiger partial charge in [-0.1, -0.05) is 36.4 Å². The van der Waals surface area contributed by atoms with Crippen molar-refractivity contribution >= 4 is 10.0 Å². The third kappa shape index (κ3) is 3.09. The minimum atomic E-state index is -3.59. The van der Waals surface area contributed by atoms with Crippen molar-refractivity contribution in [3.05, 3.63) is 60.2 Å². The van der Waals surface area contributed by atoms with E-state index in [0.717, 1.165) is 5.56 Å². The maximum absolute atomic E-state index is 11.9. The van der Waals surface area contributed by atoms with Gasteiger partial charge in [0.2, 0.25) is 10.0 Å². The van der Waals surface area contributed by atoms with Crippen LogP contribution in [0.4, 0.5) is 0 Å². The Kier molecular flexibility index (Phi) is 3.64. The quantitative estimate of drug-likeness (QED) is 0.885. The molecule has 0 spiro atoms. The summed E-state index contributed by atoms with van der Waals surface area (Å²) >= 11 is 0. The summed E-state index contributed by atoms with van der Waals surface area (Å²) in [4.78, 5) is 0.0541. The normalized spacial score (nSPS) is 11.3. The second kappa shape index (κ2) is 5.20. The lowest BCUT2D eigenvalue weighted by atomic mass is 10.2. The molecule has 2 aromatic carbocycles. The molecule has 2 aromatic rings. The predicted octanol–water partition coefficient (Wildman–Crippen LogP) is 1.87. The fourth-order valence-corrected chi connectivity index (χ4v) is 2.57. The van der Waals surface area contributed by atoms with Gasteiger partial charge >= 0.3 is 0 Å². The van der Waals surface area contributed by atoms with Gasteiger partial charge in [-0.15, -0.1) is 0 Å². The van der Waals surface area contributed by atoms with Crippen LogP contribution in [0.25, 0.3) is 0 Å². The minimum Gasteiger partial charge on any atom is -0.508 e. The molecule has 2 N–H and O–H groups in total. The minimum absolute atomic E-state index is 0.0541. The third-order valence-electron chi connectivity index (χ3n) is 2.44. The number of nitrogens with one attached hydrogen (secondary N) is 1. The number of benzene rings is 2. The number of phenolic OH excluding ortho intramolecular Hbond substituents is 1. The molecule has 0 aliphatic heterocycles. The summed E-state index contributed by atoms with van der Waals surface area (Å²) in [5.41, 5.74) is 0.876. The highest BCUT2D eigenvalue weighted by Crippen LogP contribution is 2.15. The SMILES string of the molecule is O=S(=O)(NCc1ccccc1)c1cccc(O)c1. The van der Waals surface area contributed by atoms with Crippen molar-refractivity contribution in [1.82, 2.24) is 4.72 Å². The molecule has 0 unspecified atom stereocenters. The van der Waals surface area contributed by atoms with E-state index in [2.05, 4.69) is 4.72 Å². The van der Waals surface area contributed by atoms with Crippen molar-refractivity contribution in [2.75, 3.05) is 0 Å². The fraction of sp³-hybridized carbons (Fsp3) is 0.0769. The fourth-order valence-electron chi connectivity index (χ4n) is 1.51. The number of hydrogen-bond donors (Lipinski definition) is 2. The molecule has 0 fully saturated rings. The molecule has 0 heterocycles. The van der Waals surface area contributed by atoms with E-state index in [4.69, 9.17) is 0 Å². The van der Waals surface area contributed by atoms with Crippen LogP contribution >= 0.6 is 0 Å². The molecular formula is C13H13NO3S. The summed E-state index contributed by atoms with van der Waals surface area (Å²) in [6, 6.07) is 14.8. The second-order valence-electron chi connectivity index (χ2n) is 3.81. The van der Waals surface area contributed by atoms with Crippen molar-refractivity contribution in [1.29, 1.82) is 0 Å². The number of phenols is 1. The molecule has 0 saturated heterocycles. The zero-order valence-corrected chi connectivity index (χ0v) is 10.4. The monoisotopic (exact) mass is 263 g/mol. The van der Waals surface area contributed by atoms with E-state index in [1.807, 2.05) is 30.3 Å². The van der Waals surface area contributed by atoms with Gasteiger partial charge in [0, 0.05) is 6.54 Å². The van der Waals surface area contributed by atoms with Gasteiger partial charge in [-0.2, -0.15) is 0 Å². The Morgan fingerprint density at radius 2 is 1.72 bits per heavy atom. The van der Waals surface area contributed by atoms with E-state index in [9.17, 15) is 13.5 Å². The number of sulfonamides is 1. The third-order valence-corrected chi connectivity index (χ3v) is 3.84. The average Bonchev–Trinajstić information content (AvgIpc) is 2.38. The van der Waals surface area contributed by atoms with Crippen molar-refractivity contribution < 1.29 is 13.5 Å². The Labute approximate surface area is 106 Å². The summed E-state index contributed by atoms with van der Waals surface area (Å²) in [6.07, 6.45) is 0. The van der Waals surface area contributed by atoms with Crippen LogP contribution in [0.2, 0.25) is 0 Å². The molecule has 0 radical (unpaired) electrons. The van der Waals surface area contributed by atoms with Gasteiger partial charge in [0.05, 0.1) is 4.90 Å². The Hall–Kier alpha value is -1.85. The van der Waals surface area contributed by atoms with Crippen LogP contribution in [0.5, 0.6) is 5.75 Å². The van der Waals surface area contributed by atoms with Crippen LogP contribution < -0.4 is 4.72 Å². The van der Waals surface area contributed by atoms with Gasteiger partial charge < -0.3 is 5.11 Å². The Bertz CT molecular complexity index is 624. The van der Waals surface area contributed by atoms with Crippen molar-refractivity contribution in [3.8, 4) is 5.75 Å². The highest BCUT2D eigenvalue weighted by Gasteiger charge is 2.13. The molecule has 0 amide bonds. The van der Waals surface area contributed by atoms with Gasteiger partial charge in [-0.25, -0.2) is 13.1 Å². The summed E-state index contributed by atoms with van der Waals surface area (Å²) in [6.45, 7) is 0.221. The summed E-state index contributed by atoms with van der Waals surface area (Å²) in [5.74, 6) is -0.0717. The van der Waals surface area contributed by atoms with Gasteiger partial charge in [-0.3, -0.25) is 0 Å². The van der Waals surface area contributed by atoms with E-state index in [1.54, 1.807) is 0 Å². The maximum atomic E-state index is 11.9. The first kappa shape index (κ1) is 12.6. The van der Waals surface area contributed by atoms with Crippen molar-refractivity contribution in [2.24, 2.45) is 0 Å². The second-order valence-corrected chi connectivity index (χ2v) is 5.57. The largest absolute Gasteiger partial charge is 0.508 e.